The molecule has 0 spiro atoms. The molecule has 0 aromatic carbocycles. The van der Waals surface area contributed by atoms with Crippen molar-refractivity contribution < 1.29 is 10.2 Å². The molecule has 0 aromatic heterocycles. The first-order valence-electron chi connectivity index (χ1n) is 12.6. The minimum Gasteiger partial charge on any atom is -0.393 e. The lowest BCUT2D eigenvalue weighted by atomic mass is 9.49. The van der Waals surface area contributed by atoms with Gasteiger partial charge in [-0.2, -0.15) is 0 Å². The van der Waals surface area contributed by atoms with Gasteiger partial charge in [0.05, 0.1) is 11.7 Å². The first-order chi connectivity index (χ1) is 13.2. The lowest BCUT2D eigenvalue weighted by molar-refractivity contribution is -0.100. The fourth-order valence-electron chi connectivity index (χ4n) is 8.57. The third-order valence-electron chi connectivity index (χ3n) is 10.3. The van der Waals surface area contributed by atoms with Crippen LogP contribution in [0.4, 0.5) is 0 Å². The average Bonchev–Trinajstić information content (AvgIpc) is 2.97. The number of rotatable bonds is 5. The monoisotopic (exact) mass is 390 g/mol. The molecule has 0 saturated heterocycles. The van der Waals surface area contributed by atoms with Crippen molar-refractivity contribution >= 4 is 0 Å². The summed E-state index contributed by atoms with van der Waals surface area (Å²) in [5.41, 5.74) is 0.174. The normalized spacial score (nSPS) is 49.4. The smallest absolute Gasteiger partial charge is 0.0622 e. The second kappa shape index (κ2) is 7.88. The van der Waals surface area contributed by atoms with E-state index in [1.54, 1.807) is 0 Å². The van der Waals surface area contributed by atoms with Crippen LogP contribution in [0, 0.1) is 46.8 Å². The van der Waals surface area contributed by atoms with E-state index in [4.69, 9.17) is 0 Å². The Hall–Kier alpha value is -0.0800. The van der Waals surface area contributed by atoms with Gasteiger partial charge in [-0.15, -0.1) is 0 Å². The van der Waals surface area contributed by atoms with Crippen LogP contribution < -0.4 is 0 Å². The van der Waals surface area contributed by atoms with Gasteiger partial charge in [0.2, 0.25) is 0 Å². The van der Waals surface area contributed by atoms with E-state index < -0.39 is 5.60 Å². The maximum Gasteiger partial charge on any atom is 0.0622 e. The minimum atomic E-state index is -0.393. The van der Waals surface area contributed by atoms with Crippen LogP contribution in [0.5, 0.6) is 0 Å². The van der Waals surface area contributed by atoms with Gasteiger partial charge >= 0.3 is 0 Å². The van der Waals surface area contributed by atoms with E-state index in [2.05, 4.69) is 27.7 Å². The highest BCUT2D eigenvalue weighted by atomic mass is 16.3. The minimum absolute atomic E-state index is 0.112. The Kier molecular flexibility index (Phi) is 5.95. The topological polar surface area (TPSA) is 40.5 Å². The predicted molar refractivity (Wildman–Crippen MR) is 116 cm³/mol. The summed E-state index contributed by atoms with van der Waals surface area (Å²) < 4.78 is 0. The zero-order valence-electron chi connectivity index (χ0n) is 19.0. The van der Waals surface area contributed by atoms with Crippen LogP contribution in [0.15, 0.2) is 0 Å². The van der Waals surface area contributed by atoms with Crippen LogP contribution in [0.1, 0.15) is 105 Å². The standard InChI is InChI=1S/C26H46O2/c1-17(2)24(27)7-5-6-19-9-11-23-22-10-8-18-16-25(3,28)14-12-20(18)21(22)13-15-26(19,23)4/h17-24,27-28H,5-16H2,1-4H3/t18?,19-,20-,21?,22?,23?,24?,25-,26+/m0/s1. The van der Waals surface area contributed by atoms with E-state index in [9.17, 15) is 10.2 Å². The quantitative estimate of drug-likeness (QED) is 0.587. The van der Waals surface area contributed by atoms with Crippen molar-refractivity contribution in [1.82, 2.24) is 0 Å². The number of hydrogen-bond donors (Lipinski definition) is 2. The molecule has 0 radical (unpaired) electrons. The number of fused-ring (bicyclic) bond motifs is 5. The summed E-state index contributed by atoms with van der Waals surface area (Å²) in [5.74, 6) is 5.86. The van der Waals surface area contributed by atoms with Gasteiger partial charge in [0, 0.05) is 0 Å². The summed E-state index contributed by atoms with van der Waals surface area (Å²) in [5, 5.41) is 20.8. The van der Waals surface area contributed by atoms with Gasteiger partial charge in [0.1, 0.15) is 0 Å². The Labute approximate surface area is 173 Å². The van der Waals surface area contributed by atoms with E-state index in [1.807, 2.05) is 0 Å². The van der Waals surface area contributed by atoms with Crippen molar-refractivity contribution in [2.75, 3.05) is 0 Å². The van der Waals surface area contributed by atoms with Crippen molar-refractivity contribution in [1.29, 1.82) is 0 Å². The molecule has 2 heteroatoms. The fraction of sp³-hybridized carbons (Fsp3) is 1.00. The summed E-state index contributed by atoms with van der Waals surface area (Å²) in [6.45, 7) is 8.99. The third kappa shape index (κ3) is 3.82. The number of aliphatic hydroxyl groups is 2. The zero-order chi connectivity index (χ0) is 20.1. The van der Waals surface area contributed by atoms with E-state index in [-0.39, 0.29) is 6.10 Å². The van der Waals surface area contributed by atoms with Gasteiger partial charge < -0.3 is 10.2 Å². The number of hydrogen-bond acceptors (Lipinski definition) is 2. The van der Waals surface area contributed by atoms with E-state index in [0.29, 0.717) is 11.3 Å². The molecule has 162 valence electrons. The molecule has 0 aromatic rings. The molecule has 5 unspecified atom stereocenters. The molecule has 0 aliphatic heterocycles. The zero-order valence-corrected chi connectivity index (χ0v) is 19.0. The Morgan fingerprint density at radius 3 is 2.39 bits per heavy atom. The molecule has 0 bridgehead atoms. The van der Waals surface area contributed by atoms with Crippen molar-refractivity contribution in [3.63, 3.8) is 0 Å². The molecular weight excluding hydrogens is 344 g/mol. The SMILES string of the molecule is CC(C)C(O)CCC[C@H]1CCC2C3CCC4C[C@@](C)(O)CC[C@@H]4C3CC[C@@]21C. The van der Waals surface area contributed by atoms with E-state index >= 15 is 0 Å². The van der Waals surface area contributed by atoms with Crippen LogP contribution in [0.25, 0.3) is 0 Å². The average molecular weight is 391 g/mol. The largest absolute Gasteiger partial charge is 0.393 e. The van der Waals surface area contributed by atoms with Crippen LogP contribution in [0.3, 0.4) is 0 Å². The first kappa shape index (κ1) is 21.2. The van der Waals surface area contributed by atoms with E-state index in [1.165, 1.54) is 57.8 Å². The number of aliphatic hydroxyl groups excluding tert-OH is 1. The molecule has 2 nitrogen and oxygen atoms in total. The molecule has 4 saturated carbocycles. The molecule has 4 fully saturated rings. The molecule has 9 atom stereocenters. The Morgan fingerprint density at radius 2 is 1.64 bits per heavy atom. The molecular formula is C26H46O2. The van der Waals surface area contributed by atoms with Gasteiger partial charge in [0.15, 0.2) is 0 Å². The van der Waals surface area contributed by atoms with Crippen molar-refractivity contribution in [2.45, 2.75) is 116 Å². The summed E-state index contributed by atoms with van der Waals surface area (Å²) in [7, 11) is 0. The summed E-state index contributed by atoms with van der Waals surface area (Å²) >= 11 is 0. The summed E-state index contributed by atoms with van der Waals surface area (Å²) in [4.78, 5) is 0. The molecule has 0 heterocycles. The van der Waals surface area contributed by atoms with Crippen molar-refractivity contribution in [2.24, 2.45) is 46.8 Å². The van der Waals surface area contributed by atoms with E-state index in [0.717, 1.165) is 54.8 Å². The molecule has 28 heavy (non-hydrogen) atoms. The maximum atomic E-state index is 10.6. The van der Waals surface area contributed by atoms with Gasteiger partial charge in [-0.05, 0) is 124 Å². The second-order valence-electron chi connectivity index (χ2n) is 12.2. The Morgan fingerprint density at radius 1 is 0.893 bits per heavy atom. The molecule has 2 N–H and O–H groups in total. The highest BCUT2D eigenvalue weighted by Gasteiger charge is 2.57. The Bertz CT molecular complexity index is 541. The lowest BCUT2D eigenvalue weighted by Gasteiger charge is -2.57. The molecule has 4 aliphatic carbocycles. The van der Waals surface area contributed by atoms with Crippen molar-refractivity contribution in [3.8, 4) is 0 Å². The Balaban J connectivity index is 1.38. The predicted octanol–water partition coefficient (Wildman–Crippen LogP) is 6.19. The molecule has 4 rings (SSSR count). The van der Waals surface area contributed by atoms with Crippen LogP contribution >= 0.6 is 0 Å². The highest BCUT2D eigenvalue weighted by molar-refractivity contribution is 5.06. The van der Waals surface area contributed by atoms with Gasteiger partial charge in [0.25, 0.3) is 0 Å². The third-order valence-corrected chi connectivity index (χ3v) is 10.3. The summed E-state index contributed by atoms with van der Waals surface area (Å²) in [6, 6.07) is 0. The van der Waals surface area contributed by atoms with Crippen molar-refractivity contribution in [3.05, 3.63) is 0 Å². The summed E-state index contributed by atoms with van der Waals surface area (Å²) in [6.07, 6.45) is 15.4. The lowest BCUT2D eigenvalue weighted by Crippen LogP contribution is -2.50. The molecule has 0 amide bonds. The van der Waals surface area contributed by atoms with Gasteiger partial charge in [-0.3, -0.25) is 0 Å². The first-order valence-corrected chi connectivity index (χ1v) is 12.6. The van der Waals surface area contributed by atoms with Crippen LogP contribution in [-0.4, -0.2) is 21.9 Å². The van der Waals surface area contributed by atoms with Crippen LogP contribution in [0.2, 0.25) is 0 Å². The second-order valence-corrected chi connectivity index (χ2v) is 12.2. The fourth-order valence-corrected chi connectivity index (χ4v) is 8.57. The van der Waals surface area contributed by atoms with Gasteiger partial charge in [-0.1, -0.05) is 27.2 Å². The highest BCUT2D eigenvalue weighted by Crippen LogP contribution is 2.65. The molecule has 4 aliphatic rings. The maximum absolute atomic E-state index is 10.6. The van der Waals surface area contributed by atoms with Gasteiger partial charge in [-0.25, -0.2) is 0 Å². The van der Waals surface area contributed by atoms with Crippen LogP contribution in [-0.2, 0) is 0 Å².